The summed E-state index contributed by atoms with van der Waals surface area (Å²) in [7, 11) is 0. The van der Waals surface area contributed by atoms with Gasteiger partial charge in [-0.05, 0) is 61.2 Å². The molecule has 1 amide bonds. The van der Waals surface area contributed by atoms with Crippen LogP contribution < -0.4 is 9.64 Å². The molecule has 4 rings (SSSR count). The van der Waals surface area contributed by atoms with Crippen molar-refractivity contribution in [3.8, 4) is 11.5 Å². The lowest BCUT2D eigenvalue weighted by Crippen LogP contribution is -2.30. The van der Waals surface area contributed by atoms with Crippen LogP contribution in [0.1, 0.15) is 54.6 Å². The Morgan fingerprint density at radius 3 is 2.31 bits per heavy atom. The second-order valence-corrected chi connectivity index (χ2v) is 9.51. The van der Waals surface area contributed by atoms with E-state index in [9.17, 15) is 14.4 Å². The molecule has 0 unspecified atom stereocenters. The van der Waals surface area contributed by atoms with Crippen molar-refractivity contribution in [3.05, 3.63) is 89.5 Å². The number of rotatable bonds is 8. The number of anilines is 1. The summed E-state index contributed by atoms with van der Waals surface area (Å²) >= 11 is 0. The van der Waals surface area contributed by atoms with Gasteiger partial charge in [0, 0.05) is 24.2 Å². The highest BCUT2D eigenvalue weighted by molar-refractivity contribution is 6.02. The topological polar surface area (TPSA) is 72.9 Å². The molecule has 1 fully saturated rings. The first-order valence-electron chi connectivity index (χ1n) is 12.2. The number of nitrogens with zero attached hydrogens (tertiary/aromatic N) is 1. The van der Waals surface area contributed by atoms with Crippen molar-refractivity contribution in [3.63, 3.8) is 0 Å². The van der Waals surface area contributed by atoms with Crippen molar-refractivity contribution in [1.82, 2.24) is 0 Å². The van der Waals surface area contributed by atoms with Crippen LogP contribution in [0.15, 0.2) is 72.8 Å². The number of ether oxygens (including phenoxy) is 2. The second kappa shape index (κ2) is 10.8. The van der Waals surface area contributed by atoms with Crippen LogP contribution in [0.3, 0.4) is 0 Å². The number of ketones is 1. The molecular formula is C30H31NO5. The van der Waals surface area contributed by atoms with E-state index in [0.717, 1.165) is 16.9 Å². The molecule has 0 saturated carbocycles. The fourth-order valence-corrected chi connectivity index (χ4v) is 4.30. The van der Waals surface area contributed by atoms with Gasteiger partial charge in [0.05, 0.1) is 5.92 Å². The molecular weight excluding hydrogens is 454 g/mol. The molecule has 1 heterocycles. The van der Waals surface area contributed by atoms with Crippen LogP contribution in [0, 0.1) is 12.8 Å². The zero-order valence-corrected chi connectivity index (χ0v) is 21.1. The lowest BCUT2D eigenvalue weighted by Gasteiger charge is -2.19. The quantitative estimate of drug-likeness (QED) is 0.286. The Hall–Kier alpha value is -3.93. The third kappa shape index (κ3) is 5.65. The molecule has 0 aromatic heterocycles. The van der Waals surface area contributed by atoms with Gasteiger partial charge in [0.2, 0.25) is 11.7 Å². The van der Waals surface area contributed by atoms with Gasteiger partial charge in [0.1, 0.15) is 11.5 Å². The molecule has 0 aliphatic carbocycles. The van der Waals surface area contributed by atoms with E-state index < -0.39 is 18.0 Å². The molecule has 0 spiro atoms. The number of benzene rings is 3. The van der Waals surface area contributed by atoms with E-state index in [1.807, 2.05) is 43.3 Å². The lowest BCUT2D eigenvalue weighted by molar-refractivity contribution is -0.151. The van der Waals surface area contributed by atoms with Crippen LogP contribution in [-0.4, -0.2) is 30.3 Å². The number of carbonyl (C=O) groups is 3. The summed E-state index contributed by atoms with van der Waals surface area (Å²) in [4.78, 5) is 39.5. The minimum Gasteiger partial charge on any atom is -0.457 e. The van der Waals surface area contributed by atoms with Crippen molar-refractivity contribution < 1.29 is 23.9 Å². The Labute approximate surface area is 211 Å². The van der Waals surface area contributed by atoms with Gasteiger partial charge in [-0.25, -0.2) is 0 Å². The second-order valence-electron chi connectivity index (χ2n) is 9.51. The van der Waals surface area contributed by atoms with Crippen LogP contribution in [-0.2, 0) is 14.3 Å². The molecule has 36 heavy (non-hydrogen) atoms. The van der Waals surface area contributed by atoms with E-state index >= 15 is 0 Å². The SMILES string of the molecule is Cc1ccc(C(C)C)c(Oc2ccc(N3C[C@H](C(=O)O[C@H](C)C(=O)c4ccccc4)CC3=O)cc2)c1. The smallest absolute Gasteiger partial charge is 0.312 e. The van der Waals surface area contributed by atoms with Crippen LogP contribution in [0.5, 0.6) is 11.5 Å². The van der Waals surface area contributed by atoms with Crippen LogP contribution in [0.4, 0.5) is 5.69 Å². The Bertz CT molecular complexity index is 1250. The van der Waals surface area contributed by atoms with Gasteiger partial charge in [0.25, 0.3) is 0 Å². The zero-order valence-electron chi connectivity index (χ0n) is 21.1. The van der Waals surface area contributed by atoms with Gasteiger partial charge in [-0.2, -0.15) is 0 Å². The van der Waals surface area contributed by atoms with Gasteiger partial charge < -0.3 is 14.4 Å². The summed E-state index contributed by atoms with van der Waals surface area (Å²) in [5.74, 6) is 0.218. The number of hydrogen-bond acceptors (Lipinski definition) is 5. The van der Waals surface area contributed by atoms with E-state index in [4.69, 9.17) is 9.47 Å². The number of Topliss-reactive ketones (excluding diaryl/α,β-unsaturated/α-hetero) is 1. The maximum atomic E-state index is 12.7. The van der Waals surface area contributed by atoms with Crippen molar-refractivity contribution in [1.29, 1.82) is 0 Å². The highest BCUT2D eigenvalue weighted by Crippen LogP contribution is 2.33. The molecule has 186 valence electrons. The number of aryl methyl sites for hydroxylation is 1. The molecule has 0 radical (unpaired) electrons. The summed E-state index contributed by atoms with van der Waals surface area (Å²) in [6.07, 6.45) is -0.873. The highest BCUT2D eigenvalue weighted by Gasteiger charge is 2.37. The Balaban J connectivity index is 1.39. The van der Waals surface area contributed by atoms with Gasteiger partial charge in [-0.15, -0.1) is 0 Å². The minimum atomic E-state index is -0.919. The molecule has 3 aromatic rings. The molecule has 1 aliphatic rings. The Morgan fingerprint density at radius 2 is 1.64 bits per heavy atom. The maximum absolute atomic E-state index is 12.7. The first kappa shape index (κ1) is 25.2. The highest BCUT2D eigenvalue weighted by atomic mass is 16.5. The molecule has 0 N–H and O–H groups in total. The van der Waals surface area contributed by atoms with E-state index in [2.05, 4.69) is 26.0 Å². The third-order valence-electron chi connectivity index (χ3n) is 6.35. The number of hydrogen-bond donors (Lipinski definition) is 0. The van der Waals surface area contributed by atoms with Crippen molar-refractivity contribution in [2.75, 3.05) is 11.4 Å². The molecule has 1 aliphatic heterocycles. The average Bonchev–Trinajstić information content (AvgIpc) is 3.26. The fraction of sp³-hybridized carbons (Fsp3) is 0.300. The predicted octanol–water partition coefficient (Wildman–Crippen LogP) is 6.08. The van der Waals surface area contributed by atoms with Crippen LogP contribution in [0.2, 0.25) is 0 Å². The molecule has 1 saturated heterocycles. The van der Waals surface area contributed by atoms with E-state index in [0.29, 0.717) is 22.9 Å². The summed E-state index contributed by atoms with van der Waals surface area (Å²) in [5, 5.41) is 0. The maximum Gasteiger partial charge on any atom is 0.312 e. The Kier molecular flexibility index (Phi) is 7.53. The average molecular weight is 486 g/mol. The summed E-state index contributed by atoms with van der Waals surface area (Å²) in [6.45, 7) is 8.04. The summed E-state index contributed by atoms with van der Waals surface area (Å²) in [6, 6.07) is 22.1. The molecule has 0 bridgehead atoms. The summed E-state index contributed by atoms with van der Waals surface area (Å²) in [5.41, 5.74) is 3.41. The lowest BCUT2D eigenvalue weighted by atomic mass is 10.0. The molecule has 2 atom stereocenters. The monoisotopic (exact) mass is 485 g/mol. The van der Waals surface area contributed by atoms with Crippen LogP contribution >= 0.6 is 0 Å². The first-order valence-corrected chi connectivity index (χ1v) is 12.2. The third-order valence-corrected chi connectivity index (χ3v) is 6.35. The van der Waals surface area contributed by atoms with Crippen LogP contribution in [0.25, 0.3) is 0 Å². The number of amides is 1. The van der Waals surface area contributed by atoms with Gasteiger partial charge in [-0.3, -0.25) is 14.4 Å². The fourth-order valence-electron chi connectivity index (χ4n) is 4.30. The Morgan fingerprint density at radius 1 is 0.944 bits per heavy atom. The van der Waals surface area contributed by atoms with Gasteiger partial charge in [-0.1, -0.05) is 56.3 Å². The minimum absolute atomic E-state index is 0.0460. The normalized spacial score (nSPS) is 16.2. The van der Waals surface area contributed by atoms with E-state index in [-0.39, 0.29) is 24.7 Å². The first-order chi connectivity index (χ1) is 17.2. The number of carbonyl (C=O) groups excluding carboxylic acids is 3. The summed E-state index contributed by atoms with van der Waals surface area (Å²) < 4.78 is 11.6. The van der Waals surface area contributed by atoms with Crippen molar-refractivity contribution in [2.24, 2.45) is 5.92 Å². The molecule has 6 heteroatoms. The van der Waals surface area contributed by atoms with E-state index in [1.54, 1.807) is 36.1 Å². The van der Waals surface area contributed by atoms with Crippen molar-refractivity contribution in [2.45, 2.75) is 46.1 Å². The standard InChI is InChI=1S/C30H31NO5/c1-19(2)26-15-10-20(3)16-27(26)36-25-13-11-24(12-14-25)31-18-23(17-28(31)32)30(34)35-21(4)29(33)22-8-6-5-7-9-22/h5-16,19,21,23H,17-18H2,1-4H3/t21-,23-/m1/s1. The number of esters is 1. The predicted molar refractivity (Wildman–Crippen MR) is 139 cm³/mol. The van der Waals surface area contributed by atoms with Gasteiger partial charge in [0.15, 0.2) is 6.10 Å². The van der Waals surface area contributed by atoms with E-state index in [1.165, 1.54) is 0 Å². The largest absolute Gasteiger partial charge is 0.457 e. The van der Waals surface area contributed by atoms with Crippen molar-refractivity contribution >= 4 is 23.3 Å². The van der Waals surface area contributed by atoms with Gasteiger partial charge >= 0.3 is 5.97 Å². The zero-order chi connectivity index (χ0) is 25.8. The molecule has 3 aromatic carbocycles. The molecule has 6 nitrogen and oxygen atoms in total.